The first-order valence-electron chi connectivity index (χ1n) is 9.17. The molecule has 2 aliphatic rings. The highest BCUT2D eigenvalue weighted by atomic mass is 16.2. The van der Waals surface area contributed by atoms with Crippen LogP contribution >= 0.6 is 0 Å². The number of likely N-dealkylation sites (tertiary alicyclic amines) is 1. The van der Waals surface area contributed by atoms with E-state index in [1.165, 1.54) is 6.42 Å². The van der Waals surface area contributed by atoms with E-state index in [0.29, 0.717) is 17.4 Å². The Kier molecular flexibility index (Phi) is 4.92. The van der Waals surface area contributed by atoms with Crippen molar-refractivity contribution >= 4 is 11.8 Å². The topological polar surface area (TPSA) is 67.2 Å². The molecule has 3 heterocycles. The Morgan fingerprint density at radius 2 is 2.00 bits per heavy atom. The van der Waals surface area contributed by atoms with Gasteiger partial charge >= 0.3 is 0 Å². The quantitative estimate of drug-likeness (QED) is 0.923. The molecule has 1 saturated heterocycles. The van der Waals surface area contributed by atoms with Crippen LogP contribution in [0.4, 0.5) is 0 Å². The largest absolute Gasteiger partial charge is 0.347 e. The zero-order valence-corrected chi connectivity index (χ0v) is 15.0. The number of hydrogen-bond acceptors (Lipinski definition) is 3. The molecule has 1 aromatic heterocycles. The number of amides is 2. The fourth-order valence-corrected chi connectivity index (χ4v) is 3.74. The minimum atomic E-state index is -0.181. The highest BCUT2D eigenvalue weighted by Crippen LogP contribution is 2.24. The maximum Gasteiger partial charge on any atom is 0.287 e. The second kappa shape index (κ2) is 6.95. The molecule has 6 nitrogen and oxygen atoms in total. The number of carbonyl (C=O) groups is 2. The SMILES string of the molecule is CC1CCCN(C(=O)c2nc(C(=O)NC(C)C)n3c2CCCC3)C1. The Labute approximate surface area is 143 Å². The summed E-state index contributed by atoms with van der Waals surface area (Å²) in [6, 6.07) is 0.0520. The lowest BCUT2D eigenvalue weighted by atomic mass is 9.99. The summed E-state index contributed by atoms with van der Waals surface area (Å²) < 4.78 is 1.96. The van der Waals surface area contributed by atoms with Gasteiger partial charge in [0.05, 0.1) is 5.69 Å². The Bertz CT molecular complexity index is 635. The van der Waals surface area contributed by atoms with Gasteiger partial charge in [0.1, 0.15) is 5.69 Å². The van der Waals surface area contributed by atoms with Crippen molar-refractivity contribution in [2.24, 2.45) is 5.92 Å². The van der Waals surface area contributed by atoms with Gasteiger partial charge < -0.3 is 14.8 Å². The molecule has 24 heavy (non-hydrogen) atoms. The van der Waals surface area contributed by atoms with Gasteiger partial charge in [0, 0.05) is 25.7 Å². The first-order chi connectivity index (χ1) is 11.5. The molecule has 1 unspecified atom stereocenters. The lowest BCUT2D eigenvalue weighted by Gasteiger charge is -2.30. The van der Waals surface area contributed by atoms with Crippen LogP contribution in [0, 0.1) is 5.92 Å². The summed E-state index contributed by atoms with van der Waals surface area (Å²) in [5, 5.41) is 2.90. The standard InChI is InChI=1S/C18H28N4O2/c1-12(2)19-17(23)16-20-15(14-8-4-5-10-22(14)16)18(24)21-9-6-7-13(3)11-21/h12-13H,4-11H2,1-3H3,(H,19,23). The van der Waals surface area contributed by atoms with Gasteiger partial charge in [-0.2, -0.15) is 0 Å². The van der Waals surface area contributed by atoms with Gasteiger partial charge in [0.25, 0.3) is 11.8 Å². The molecule has 3 rings (SSSR count). The Morgan fingerprint density at radius 3 is 2.71 bits per heavy atom. The molecule has 2 aliphatic heterocycles. The zero-order chi connectivity index (χ0) is 17.3. The Hall–Kier alpha value is -1.85. The maximum absolute atomic E-state index is 13.0. The monoisotopic (exact) mass is 332 g/mol. The fraction of sp³-hybridized carbons (Fsp3) is 0.722. The van der Waals surface area contributed by atoms with Crippen molar-refractivity contribution in [3.63, 3.8) is 0 Å². The molecule has 1 fully saturated rings. The molecule has 1 atom stereocenters. The molecule has 0 spiro atoms. The molecule has 0 bridgehead atoms. The van der Waals surface area contributed by atoms with Crippen LogP contribution in [0.25, 0.3) is 0 Å². The number of aromatic nitrogens is 2. The summed E-state index contributed by atoms with van der Waals surface area (Å²) in [5.41, 5.74) is 1.44. The van der Waals surface area contributed by atoms with Crippen LogP contribution in [0.3, 0.4) is 0 Å². The summed E-state index contributed by atoms with van der Waals surface area (Å²) >= 11 is 0. The van der Waals surface area contributed by atoms with Crippen LogP contribution in [0.1, 0.15) is 73.3 Å². The molecular weight excluding hydrogens is 304 g/mol. The third-order valence-electron chi connectivity index (χ3n) is 4.89. The smallest absolute Gasteiger partial charge is 0.287 e. The average Bonchev–Trinajstić information content (AvgIpc) is 2.93. The molecular formula is C18H28N4O2. The molecule has 0 aromatic carbocycles. The van der Waals surface area contributed by atoms with E-state index in [-0.39, 0.29) is 17.9 Å². The number of hydrogen-bond donors (Lipinski definition) is 1. The van der Waals surface area contributed by atoms with E-state index in [2.05, 4.69) is 17.2 Å². The number of fused-ring (bicyclic) bond motifs is 1. The van der Waals surface area contributed by atoms with E-state index in [0.717, 1.165) is 51.0 Å². The van der Waals surface area contributed by atoms with Gasteiger partial charge in [-0.3, -0.25) is 9.59 Å². The number of rotatable bonds is 3. The minimum absolute atomic E-state index is 0.00389. The van der Waals surface area contributed by atoms with Gasteiger partial charge in [0.15, 0.2) is 5.82 Å². The maximum atomic E-state index is 13.0. The normalized spacial score (nSPS) is 20.8. The van der Waals surface area contributed by atoms with Gasteiger partial charge in [-0.1, -0.05) is 6.92 Å². The van der Waals surface area contributed by atoms with Crippen molar-refractivity contribution in [3.8, 4) is 0 Å². The average molecular weight is 332 g/mol. The van der Waals surface area contributed by atoms with Crippen molar-refractivity contribution in [2.75, 3.05) is 13.1 Å². The summed E-state index contributed by atoms with van der Waals surface area (Å²) in [7, 11) is 0. The lowest BCUT2D eigenvalue weighted by molar-refractivity contribution is 0.0676. The molecule has 1 N–H and O–H groups in total. The number of piperidine rings is 1. The van der Waals surface area contributed by atoms with E-state index >= 15 is 0 Å². The highest BCUT2D eigenvalue weighted by molar-refractivity contribution is 5.97. The van der Waals surface area contributed by atoms with Crippen molar-refractivity contribution in [3.05, 3.63) is 17.2 Å². The van der Waals surface area contributed by atoms with Crippen LogP contribution in [-0.2, 0) is 13.0 Å². The minimum Gasteiger partial charge on any atom is -0.347 e. The first-order valence-corrected chi connectivity index (χ1v) is 9.17. The van der Waals surface area contributed by atoms with Crippen LogP contribution in [0.15, 0.2) is 0 Å². The molecule has 132 valence electrons. The second-order valence-electron chi connectivity index (χ2n) is 7.47. The predicted octanol–water partition coefficient (Wildman–Crippen LogP) is 2.23. The Morgan fingerprint density at radius 1 is 1.21 bits per heavy atom. The highest BCUT2D eigenvalue weighted by Gasteiger charge is 2.31. The third kappa shape index (κ3) is 3.32. The van der Waals surface area contributed by atoms with E-state index in [1.54, 1.807) is 0 Å². The van der Waals surface area contributed by atoms with Gasteiger partial charge in [-0.25, -0.2) is 4.98 Å². The van der Waals surface area contributed by atoms with Gasteiger partial charge in [-0.15, -0.1) is 0 Å². The van der Waals surface area contributed by atoms with E-state index in [1.807, 2.05) is 23.3 Å². The number of carbonyl (C=O) groups excluding carboxylic acids is 2. The van der Waals surface area contributed by atoms with Crippen molar-refractivity contribution in [2.45, 2.75) is 65.5 Å². The van der Waals surface area contributed by atoms with Crippen LogP contribution in [-0.4, -0.2) is 45.4 Å². The molecule has 0 radical (unpaired) electrons. The van der Waals surface area contributed by atoms with E-state index < -0.39 is 0 Å². The Balaban J connectivity index is 1.91. The summed E-state index contributed by atoms with van der Waals surface area (Å²) in [6.07, 6.45) is 5.12. The summed E-state index contributed by atoms with van der Waals surface area (Å²) in [4.78, 5) is 31.9. The molecule has 2 amide bonds. The summed E-state index contributed by atoms with van der Waals surface area (Å²) in [5.74, 6) is 0.742. The number of nitrogens with zero attached hydrogens (tertiary/aromatic N) is 3. The molecule has 0 aliphatic carbocycles. The molecule has 0 saturated carbocycles. The van der Waals surface area contributed by atoms with Crippen LogP contribution < -0.4 is 5.32 Å². The lowest BCUT2D eigenvalue weighted by Crippen LogP contribution is -2.39. The number of nitrogens with one attached hydrogen (secondary N) is 1. The van der Waals surface area contributed by atoms with Gasteiger partial charge in [-0.05, 0) is 51.9 Å². The van der Waals surface area contributed by atoms with Crippen LogP contribution in [0.2, 0.25) is 0 Å². The summed E-state index contributed by atoms with van der Waals surface area (Å²) in [6.45, 7) is 8.40. The number of imidazole rings is 1. The predicted molar refractivity (Wildman–Crippen MR) is 92.1 cm³/mol. The van der Waals surface area contributed by atoms with Crippen molar-refractivity contribution in [1.29, 1.82) is 0 Å². The van der Waals surface area contributed by atoms with E-state index in [9.17, 15) is 9.59 Å². The third-order valence-corrected chi connectivity index (χ3v) is 4.89. The molecule has 1 aromatic rings. The zero-order valence-electron chi connectivity index (χ0n) is 15.0. The van der Waals surface area contributed by atoms with Gasteiger partial charge in [0.2, 0.25) is 0 Å². The van der Waals surface area contributed by atoms with Crippen molar-refractivity contribution in [1.82, 2.24) is 19.8 Å². The first kappa shape index (κ1) is 17.0. The van der Waals surface area contributed by atoms with Crippen molar-refractivity contribution < 1.29 is 9.59 Å². The fourth-order valence-electron chi connectivity index (χ4n) is 3.74. The molecule has 6 heteroatoms. The van der Waals surface area contributed by atoms with E-state index in [4.69, 9.17) is 0 Å². The second-order valence-corrected chi connectivity index (χ2v) is 7.47. The van der Waals surface area contributed by atoms with Crippen LogP contribution in [0.5, 0.6) is 0 Å².